The van der Waals surface area contributed by atoms with Crippen LogP contribution in [0.25, 0.3) is 0 Å². The number of hydrogen-bond acceptors (Lipinski definition) is 4. The van der Waals surface area contributed by atoms with Crippen molar-refractivity contribution in [1.29, 1.82) is 0 Å². The molecule has 4 rings (SSSR count). The van der Waals surface area contributed by atoms with E-state index in [9.17, 15) is 10.2 Å². The predicted octanol–water partition coefficient (Wildman–Crippen LogP) is 6.73. The van der Waals surface area contributed by atoms with Gasteiger partial charge in [-0.15, -0.1) is 0 Å². The molecule has 0 amide bonds. The summed E-state index contributed by atoms with van der Waals surface area (Å²) in [6.07, 6.45) is 1.85. The van der Waals surface area contributed by atoms with Crippen molar-refractivity contribution < 1.29 is 10.2 Å². The Hall–Kier alpha value is -3.66. The molecule has 184 valence electrons. The van der Waals surface area contributed by atoms with Crippen LogP contribution >= 0.6 is 7.21 Å². The highest BCUT2D eigenvalue weighted by atomic mass is 31.2. The van der Waals surface area contributed by atoms with Crippen molar-refractivity contribution in [3.05, 3.63) is 107 Å². The molecule has 5 nitrogen and oxygen atoms in total. The molecule has 0 saturated carbocycles. The summed E-state index contributed by atoms with van der Waals surface area (Å²) in [5.41, 5.74) is 6.00. The Kier molecular flexibility index (Phi) is 7.44. The summed E-state index contributed by atoms with van der Waals surface area (Å²) in [5.74, 6) is 0.284. The number of benzene rings is 4. The number of hydrogen-bond donors (Lipinski definition) is 2. The average Bonchev–Trinajstić information content (AvgIpc) is 2.83. The maximum Gasteiger partial charge on any atom is 0.126 e. The third-order valence-corrected chi connectivity index (χ3v) is 9.93. The molecule has 0 aliphatic carbocycles. The lowest BCUT2D eigenvalue weighted by Gasteiger charge is -2.33. The van der Waals surface area contributed by atoms with Gasteiger partial charge in [0.05, 0.1) is 22.0 Å². The largest absolute Gasteiger partial charge is 0.507 e. The molecule has 0 heterocycles. The third-order valence-electron chi connectivity index (χ3n) is 6.17. The fourth-order valence-corrected chi connectivity index (χ4v) is 7.95. The van der Waals surface area contributed by atoms with Crippen molar-refractivity contribution in [3.63, 3.8) is 0 Å². The zero-order chi connectivity index (χ0) is 25.9. The molecule has 4 aromatic carbocycles. The minimum atomic E-state index is -2.82. The van der Waals surface area contributed by atoms with Gasteiger partial charge >= 0.3 is 0 Å². The molecule has 36 heavy (non-hydrogen) atoms. The van der Waals surface area contributed by atoms with E-state index < -0.39 is 7.21 Å². The van der Waals surface area contributed by atoms with E-state index in [-0.39, 0.29) is 11.5 Å². The molecule has 0 atom stereocenters. The molecular formula is C30H32N3O2P. The summed E-state index contributed by atoms with van der Waals surface area (Å²) < 4.78 is 7.36. The molecule has 2 N–H and O–H groups in total. The van der Waals surface area contributed by atoms with Crippen LogP contribution in [0, 0.1) is 20.8 Å². The first kappa shape index (κ1) is 25.4. The Morgan fingerprint density at radius 2 is 1.22 bits per heavy atom. The van der Waals surface area contributed by atoms with Crippen LogP contribution in [0.3, 0.4) is 0 Å². The zero-order valence-electron chi connectivity index (χ0n) is 21.3. The van der Waals surface area contributed by atoms with Crippen molar-refractivity contribution in [2.75, 3.05) is 14.1 Å². The molecule has 4 aromatic rings. The van der Waals surface area contributed by atoms with Crippen molar-refractivity contribution in [3.8, 4) is 11.5 Å². The number of aromatic hydroxyl groups is 2. The molecule has 0 aromatic heterocycles. The smallest absolute Gasteiger partial charge is 0.126 e. The van der Waals surface area contributed by atoms with Crippen LogP contribution in [0.2, 0.25) is 0 Å². The van der Waals surface area contributed by atoms with Gasteiger partial charge in [-0.1, -0.05) is 60.2 Å². The SMILES string of the molecule is Cc1cc(C)c(N=Cc2ccccc2N=P(c2ccccc2O)(c2ccccc2O)N(C)C)c(C)c1. The molecule has 0 unspecified atom stereocenters. The van der Waals surface area contributed by atoms with Crippen molar-refractivity contribution in [2.24, 2.45) is 9.74 Å². The van der Waals surface area contributed by atoms with Gasteiger partial charge in [-0.3, -0.25) is 9.66 Å². The van der Waals surface area contributed by atoms with Gasteiger partial charge in [-0.2, -0.15) is 0 Å². The maximum absolute atomic E-state index is 11.0. The second kappa shape index (κ2) is 10.5. The highest BCUT2D eigenvalue weighted by Gasteiger charge is 2.33. The van der Waals surface area contributed by atoms with Crippen molar-refractivity contribution in [1.82, 2.24) is 4.67 Å². The summed E-state index contributed by atoms with van der Waals surface area (Å²) in [6, 6.07) is 26.6. The Bertz CT molecular complexity index is 1420. The van der Waals surface area contributed by atoms with Crippen LogP contribution in [0.4, 0.5) is 11.4 Å². The quantitative estimate of drug-likeness (QED) is 0.229. The van der Waals surface area contributed by atoms with Gasteiger partial charge in [-0.25, -0.2) is 4.74 Å². The normalized spacial score (nSPS) is 11.8. The maximum atomic E-state index is 11.0. The lowest BCUT2D eigenvalue weighted by molar-refractivity contribution is 0.478. The lowest BCUT2D eigenvalue weighted by Crippen LogP contribution is -2.27. The molecule has 0 aliphatic rings. The minimum absolute atomic E-state index is 0.142. The Balaban J connectivity index is 2.00. The van der Waals surface area contributed by atoms with Gasteiger partial charge in [0.25, 0.3) is 0 Å². The summed E-state index contributed by atoms with van der Waals surface area (Å²) in [6.45, 7) is 6.23. The topological polar surface area (TPSA) is 68.4 Å². The minimum Gasteiger partial charge on any atom is -0.507 e. The Labute approximate surface area is 213 Å². The molecule has 0 radical (unpaired) electrons. The molecule has 0 fully saturated rings. The first-order chi connectivity index (χ1) is 17.2. The summed E-state index contributed by atoms with van der Waals surface area (Å²) in [7, 11) is 1.05. The lowest BCUT2D eigenvalue weighted by atomic mass is 10.1. The molecule has 6 heteroatoms. The van der Waals surface area contributed by atoms with E-state index in [1.807, 2.05) is 73.5 Å². The zero-order valence-corrected chi connectivity index (χ0v) is 22.2. The van der Waals surface area contributed by atoms with Crippen LogP contribution in [0.15, 0.2) is 94.7 Å². The fourth-order valence-electron chi connectivity index (χ4n) is 4.57. The van der Waals surface area contributed by atoms with Gasteiger partial charge in [-0.05, 0) is 76.3 Å². The van der Waals surface area contributed by atoms with Gasteiger partial charge in [0, 0.05) is 11.8 Å². The summed E-state index contributed by atoms with van der Waals surface area (Å²) in [4.78, 5) is 4.85. The molecule has 0 saturated heterocycles. The van der Waals surface area contributed by atoms with Crippen molar-refractivity contribution in [2.45, 2.75) is 20.8 Å². The summed E-state index contributed by atoms with van der Waals surface area (Å²) in [5, 5.41) is 23.3. The highest BCUT2D eigenvalue weighted by molar-refractivity contribution is 7.79. The van der Waals surface area contributed by atoms with Crippen LogP contribution in [-0.4, -0.2) is 35.2 Å². The Morgan fingerprint density at radius 1 is 0.722 bits per heavy atom. The van der Waals surface area contributed by atoms with E-state index in [1.54, 1.807) is 24.3 Å². The van der Waals surface area contributed by atoms with E-state index in [1.165, 1.54) is 5.56 Å². The average molecular weight is 498 g/mol. The number of phenolic OH excluding ortho intramolecular Hbond substituents is 2. The van der Waals surface area contributed by atoms with Crippen LogP contribution in [-0.2, 0) is 0 Å². The molecule has 0 spiro atoms. The predicted molar refractivity (Wildman–Crippen MR) is 153 cm³/mol. The molecule has 0 aliphatic heterocycles. The Morgan fingerprint density at radius 3 is 1.75 bits per heavy atom. The number of para-hydroxylation sites is 2. The van der Waals surface area contributed by atoms with Crippen LogP contribution in [0.5, 0.6) is 11.5 Å². The van der Waals surface area contributed by atoms with E-state index in [4.69, 9.17) is 9.74 Å². The highest BCUT2D eigenvalue weighted by Crippen LogP contribution is 2.55. The number of aryl methyl sites for hydroxylation is 3. The standard InChI is InChI=1S/C30H32N3O2P/c1-21-18-22(2)30(23(3)19-21)31-20-24-12-6-7-13-25(24)32-36(33(4)5,28-16-10-8-14-26(28)34)29-17-11-9-15-27(29)35/h6-20,34-35H,1-5H3. The number of rotatable bonds is 6. The first-order valence-electron chi connectivity index (χ1n) is 11.8. The number of aliphatic imine (C=N–C) groups is 1. The van der Waals surface area contributed by atoms with E-state index in [0.29, 0.717) is 10.6 Å². The second-order valence-corrected chi connectivity index (χ2v) is 12.3. The van der Waals surface area contributed by atoms with Gasteiger partial charge in [0.2, 0.25) is 0 Å². The van der Waals surface area contributed by atoms with Gasteiger partial charge in [0.15, 0.2) is 0 Å². The molecule has 0 bridgehead atoms. The third kappa shape index (κ3) is 4.86. The monoisotopic (exact) mass is 497 g/mol. The van der Waals surface area contributed by atoms with Gasteiger partial charge in [0.1, 0.15) is 18.7 Å². The van der Waals surface area contributed by atoms with Crippen LogP contribution in [0.1, 0.15) is 22.3 Å². The van der Waals surface area contributed by atoms with Crippen LogP contribution < -0.4 is 10.6 Å². The second-order valence-electron chi connectivity index (χ2n) is 9.09. The molecular weight excluding hydrogens is 465 g/mol. The van der Waals surface area contributed by atoms with E-state index >= 15 is 0 Å². The van der Waals surface area contributed by atoms with Gasteiger partial charge < -0.3 is 10.2 Å². The first-order valence-corrected chi connectivity index (χ1v) is 13.5. The van der Waals surface area contributed by atoms with E-state index in [2.05, 4.69) is 32.9 Å². The number of nitrogens with zero attached hydrogens (tertiary/aromatic N) is 3. The van der Waals surface area contributed by atoms with Crippen molar-refractivity contribution >= 4 is 35.4 Å². The van der Waals surface area contributed by atoms with E-state index in [0.717, 1.165) is 28.1 Å². The fraction of sp³-hybridized carbons (Fsp3) is 0.167. The number of phenols is 2. The summed E-state index contributed by atoms with van der Waals surface area (Å²) >= 11 is 0.